The van der Waals surface area contributed by atoms with Crippen LogP contribution in [-0.4, -0.2) is 23.4 Å². The summed E-state index contributed by atoms with van der Waals surface area (Å²) in [4.78, 5) is 14.3. The van der Waals surface area contributed by atoms with Gasteiger partial charge in [0.15, 0.2) is 0 Å². The number of sulfone groups is 1. The molecular formula is C27H15N3O2S. The first kappa shape index (κ1) is 18.4. The van der Waals surface area contributed by atoms with Crippen molar-refractivity contribution in [2.75, 3.05) is 0 Å². The molecule has 7 rings (SSSR count). The molecule has 6 heteroatoms. The number of benzene rings is 4. The number of rotatable bonds is 2. The number of hydrogen-bond acceptors (Lipinski definition) is 5. The van der Waals surface area contributed by atoms with Gasteiger partial charge in [-0.05, 0) is 35.7 Å². The fourth-order valence-electron chi connectivity index (χ4n) is 4.77. The van der Waals surface area contributed by atoms with Gasteiger partial charge in [0.25, 0.3) is 0 Å². The fraction of sp³-hybridized carbons (Fsp3) is 0. The van der Waals surface area contributed by atoms with Crippen LogP contribution < -0.4 is 0 Å². The van der Waals surface area contributed by atoms with E-state index in [-0.39, 0.29) is 9.79 Å². The second kappa shape index (κ2) is 6.43. The first-order valence-corrected chi connectivity index (χ1v) is 12.0. The van der Waals surface area contributed by atoms with Crippen LogP contribution in [0.5, 0.6) is 0 Å². The lowest BCUT2D eigenvalue weighted by Gasteiger charge is -2.10. The summed E-state index contributed by atoms with van der Waals surface area (Å²) < 4.78 is 27.2. The Morgan fingerprint density at radius 3 is 2.15 bits per heavy atom. The molecule has 6 aromatic rings. The van der Waals surface area contributed by atoms with E-state index in [0.29, 0.717) is 16.4 Å². The molecule has 0 amide bonds. The molecule has 33 heavy (non-hydrogen) atoms. The molecule has 0 fully saturated rings. The van der Waals surface area contributed by atoms with Crippen LogP contribution in [-0.2, 0) is 9.84 Å². The summed E-state index contributed by atoms with van der Waals surface area (Å²) in [5.41, 5.74) is 4.95. The molecule has 0 unspecified atom stereocenters. The Balaban J connectivity index is 1.45. The molecule has 1 aliphatic carbocycles. The third-order valence-electron chi connectivity index (χ3n) is 6.29. The summed E-state index contributed by atoms with van der Waals surface area (Å²) in [6.07, 6.45) is 3.27. The largest absolute Gasteiger partial charge is 0.264 e. The number of hydrogen-bond donors (Lipinski definition) is 0. The van der Waals surface area contributed by atoms with Gasteiger partial charge in [0, 0.05) is 39.7 Å². The monoisotopic (exact) mass is 445 g/mol. The first-order chi connectivity index (χ1) is 16.1. The zero-order valence-corrected chi connectivity index (χ0v) is 18.0. The predicted octanol–water partition coefficient (Wildman–Crippen LogP) is 5.81. The smallest absolute Gasteiger partial charge is 0.207 e. The third-order valence-corrected chi connectivity index (χ3v) is 8.10. The standard InChI is InChI=1S/C27H15N3O2S/c31-33(32,24-9-3-6-17-15-28-13-12-19(17)24)18-10-11-22-23(14-18)30-27-21-8-2-5-16-4-1-7-20(25(16)21)26(27)29-22/h1-15H. The second-order valence-corrected chi connectivity index (χ2v) is 10.1. The maximum atomic E-state index is 13.6. The molecule has 0 spiro atoms. The molecule has 5 nitrogen and oxygen atoms in total. The van der Waals surface area contributed by atoms with E-state index in [2.05, 4.69) is 23.2 Å². The van der Waals surface area contributed by atoms with E-state index in [4.69, 9.17) is 9.97 Å². The number of aromatic nitrogens is 3. The number of nitrogens with zero attached hydrogens (tertiary/aromatic N) is 3. The normalized spacial score (nSPS) is 12.5. The lowest BCUT2D eigenvalue weighted by atomic mass is 10.0. The number of fused-ring (bicyclic) bond motifs is 5. The van der Waals surface area contributed by atoms with Crippen LogP contribution in [0.15, 0.2) is 101 Å². The van der Waals surface area contributed by atoms with Crippen LogP contribution in [0.3, 0.4) is 0 Å². The quantitative estimate of drug-likeness (QED) is 0.336. The lowest BCUT2D eigenvalue weighted by molar-refractivity contribution is 0.597. The summed E-state index contributed by atoms with van der Waals surface area (Å²) in [6.45, 7) is 0. The van der Waals surface area contributed by atoms with Gasteiger partial charge in [-0.2, -0.15) is 0 Å². The minimum Gasteiger partial charge on any atom is -0.264 e. The molecule has 0 atom stereocenters. The topological polar surface area (TPSA) is 72.8 Å². The summed E-state index contributed by atoms with van der Waals surface area (Å²) >= 11 is 0. The molecule has 156 valence electrons. The van der Waals surface area contributed by atoms with Crippen molar-refractivity contribution in [1.29, 1.82) is 0 Å². The highest BCUT2D eigenvalue weighted by atomic mass is 32.2. The molecule has 1 aliphatic rings. The van der Waals surface area contributed by atoms with Crippen molar-refractivity contribution in [2.24, 2.45) is 0 Å². The van der Waals surface area contributed by atoms with E-state index in [1.165, 1.54) is 0 Å². The van der Waals surface area contributed by atoms with Crippen molar-refractivity contribution in [2.45, 2.75) is 9.79 Å². The lowest BCUT2D eigenvalue weighted by Crippen LogP contribution is -2.03. The molecule has 2 aromatic heterocycles. The third kappa shape index (κ3) is 2.52. The van der Waals surface area contributed by atoms with Gasteiger partial charge >= 0.3 is 0 Å². The fourth-order valence-corrected chi connectivity index (χ4v) is 6.27. The minimum atomic E-state index is -3.76. The maximum Gasteiger partial charge on any atom is 0.207 e. The molecule has 4 aromatic carbocycles. The molecule has 0 saturated carbocycles. The molecule has 0 bridgehead atoms. The Hall–Kier alpha value is -4.16. The summed E-state index contributed by atoms with van der Waals surface area (Å²) in [5, 5.41) is 3.71. The molecular weight excluding hydrogens is 430 g/mol. The molecule has 0 radical (unpaired) electrons. The first-order valence-electron chi connectivity index (χ1n) is 10.5. The van der Waals surface area contributed by atoms with E-state index in [1.807, 2.05) is 24.3 Å². The highest BCUT2D eigenvalue weighted by Crippen LogP contribution is 2.45. The van der Waals surface area contributed by atoms with Gasteiger partial charge in [-0.1, -0.05) is 48.5 Å². The highest BCUT2D eigenvalue weighted by Gasteiger charge is 2.26. The Morgan fingerprint density at radius 1 is 0.667 bits per heavy atom. The van der Waals surface area contributed by atoms with Crippen molar-refractivity contribution in [1.82, 2.24) is 15.0 Å². The molecule has 0 aliphatic heterocycles. The van der Waals surface area contributed by atoms with Crippen LogP contribution in [0.4, 0.5) is 0 Å². The van der Waals surface area contributed by atoms with Gasteiger partial charge < -0.3 is 0 Å². The minimum absolute atomic E-state index is 0.197. The van der Waals surface area contributed by atoms with Crippen LogP contribution in [0.1, 0.15) is 0 Å². The maximum absolute atomic E-state index is 13.6. The van der Waals surface area contributed by atoms with Crippen molar-refractivity contribution < 1.29 is 8.42 Å². The number of pyridine rings is 1. The van der Waals surface area contributed by atoms with Crippen molar-refractivity contribution in [3.8, 4) is 22.5 Å². The van der Waals surface area contributed by atoms with Crippen LogP contribution in [0, 0.1) is 0 Å². The van der Waals surface area contributed by atoms with Crippen LogP contribution >= 0.6 is 0 Å². The van der Waals surface area contributed by atoms with Crippen molar-refractivity contribution in [3.63, 3.8) is 0 Å². The van der Waals surface area contributed by atoms with Crippen LogP contribution in [0.2, 0.25) is 0 Å². The molecule has 0 N–H and O–H groups in total. The Bertz CT molecular complexity index is 1890. The van der Waals surface area contributed by atoms with E-state index >= 15 is 0 Å². The van der Waals surface area contributed by atoms with E-state index < -0.39 is 9.84 Å². The average Bonchev–Trinajstić information content (AvgIpc) is 3.16. The van der Waals surface area contributed by atoms with Crippen LogP contribution in [0.25, 0.3) is 55.1 Å². The van der Waals surface area contributed by atoms with Gasteiger partial charge in [0.05, 0.1) is 32.2 Å². The summed E-state index contributed by atoms with van der Waals surface area (Å²) in [6, 6.07) is 24.2. The van der Waals surface area contributed by atoms with Crippen molar-refractivity contribution >= 4 is 42.4 Å². The van der Waals surface area contributed by atoms with Crippen molar-refractivity contribution in [3.05, 3.63) is 91.3 Å². The SMILES string of the molecule is O=S(=O)(c1ccc2nc3c(nc2c1)-c1cccc2cccc-3c12)c1cccc2cnccc12. The van der Waals surface area contributed by atoms with E-state index in [9.17, 15) is 8.42 Å². The summed E-state index contributed by atoms with van der Waals surface area (Å²) in [7, 11) is -3.76. The Morgan fingerprint density at radius 2 is 1.36 bits per heavy atom. The average molecular weight is 446 g/mol. The van der Waals surface area contributed by atoms with Gasteiger partial charge in [-0.15, -0.1) is 0 Å². The molecule has 0 saturated heterocycles. The summed E-state index contributed by atoms with van der Waals surface area (Å²) in [5.74, 6) is 0. The Kier molecular flexibility index (Phi) is 3.59. The zero-order chi connectivity index (χ0) is 22.2. The van der Waals surface area contributed by atoms with Gasteiger partial charge in [0.1, 0.15) is 0 Å². The molecule has 2 heterocycles. The highest BCUT2D eigenvalue weighted by molar-refractivity contribution is 7.91. The second-order valence-electron chi connectivity index (χ2n) is 8.14. The van der Waals surface area contributed by atoms with Gasteiger partial charge in [0.2, 0.25) is 9.84 Å². The van der Waals surface area contributed by atoms with Gasteiger partial charge in [-0.3, -0.25) is 4.98 Å². The zero-order valence-electron chi connectivity index (χ0n) is 17.2. The predicted molar refractivity (Wildman–Crippen MR) is 129 cm³/mol. The Labute approximate surface area is 189 Å². The van der Waals surface area contributed by atoms with E-state index in [0.717, 1.165) is 38.7 Å². The van der Waals surface area contributed by atoms with Gasteiger partial charge in [-0.25, -0.2) is 18.4 Å². The van der Waals surface area contributed by atoms with E-state index in [1.54, 1.807) is 48.8 Å².